The molecule has 1 aliphatic heterocycles. The van der Waals surface area contributed by atoms with Crippen molar-refractivity contribution in [3.63, 3.8) is 0 Å². The Morgan fingerprint density at radius 3 is 3.12 bits per heavy atom. The number of aromatic nitrogens is 1. The predicted octanol–water partition coefficient (Wildman–Crippen LogP) is 3.40. The van der Waals surface area contributed by atoms with Gasteiger partial charge < -0.3 is 19.7 Å². The maximum absolute atomic E-state index is 12.6. The second-order valence-corrected chi connectivity index (χ2v) is 7.14. The van der Waals surface area contributed by atoms with Crippen molar-refractivity contribution < 1.29 is 14.3 Å². The summed E-state index contributed by atoms with van der Waals surface area (Å²) < 4.78 is 5.25. The van der Waals surface area contributed by atoms with Crippen molar-refractivity contribution in [3.8, 4) is 0 Å². The predicted molar refractivity (Wildman–Crippen MR) is 91.8 cm³/mol. The Kier molecular flexibility index (Phi) is 5.20. The number of carbonyl (C=O) groups is 1. The van der Waals surface area contributed by atoms with E-state index in [1.54, 1.807) is 29.7 Å². The lowest BCUT2D eigenvalue weighted by atomic mass is 10.1. The van der Waals surface area contributed by atoms with Crippen LogP contribution in [0, 0.1) is 6.92 Å². The fraction of sp³-hybridized carbons (Fsp3) is 0.529. The van der Waals surface area contributed by atoms with E-state index in [0.717, 1.165) is 23.5 Å². The van der Waals surface area contributed by atoms with Crippen LogP contribution in [0.1, 0.15) is 54.8 Å². The van der Waals surface area contributed by atoms with Gasteiger partial charge in [0, 0.05) is 30.1 Å². The van der Waals surface area contributed by atoms with E-state index >= 15 is 0 Å². The number of nitrogens with zero attached hydrogens (tertiary/aromatic N) is 2. The molecule has 2 aromatic rings. The lowest BCUT2D eigenvalue weighted by Gasteiger charge is -2.27. The third-order valence-electron chi connectivity index (χ3n) is 4.35. The number of rotatable bonds is 5. The summed E-state index contributed by atoms with van der Waals surface area (Å²) in [5.41, 5.74) is 0.969. The van der Waals surface area contributed by atoms with Gasteiger partial charge in [0.2, 0.25) is 0 Å². The molecule has 2 N–H and O–H groups in total. The van der Waals surface area contributed by atoms with Crippen molar-refractivity contribution in [2.24, 2.45) is 0 Å². The number of hydrogen-bond donors (Lipinski definition) is 2. The molecule has 3 heterocycles. The normalized spacial score (nSPS) is 20.1. The highest BCUT2D eigenvalue weighted by Gasteiger charge is 2.32. The summed E-state index contributed by atoms with van der Waals surface area (Å²) in [7, 11) is 0. The molecule has 0 aromatic carbocycles. The van der Waals surface area contributed by atoms with Crippen LogP contribution in [0.3, 0.4) is 0 Å². The zero-order valence-electron chi connectivity index (χ0n) is 13.9. The van der Waals surface area contributed by atoms with E-state index in [1.807, 2.05) is 24.1 Å². The van der Waals surface area contributed by atoms with Gasteiger partial charge in [-0.1, -0.05) is 0 Å². The van der Waals surface area contributed by atoms with E-state index in [-0.39, 0.29) is 18.1 Å². The number of furan rings is 1. The Balaban J connectivity index is 1.59. The number of likely N-dealkylation sites (tertiary alicyclic amines) is 1. The second kappa shape index (κ2) is 7.36. The van der Waals surface area contributed by atoms with Gasteiger partial charge in [-0.25, -0.2) is 9.78 Å². The van der Waals surface area contributed by atoms with E-state index in [9.17, 15) is 9.90 Å². The minimum absolute atomic E-state index is 0.0235. The molecule has 0 saturated carbocycles. The number of aliphatic hydroxyl groups is 1. The third-order valence-corrected chi connectivity index (χ3v) is 5.50. The zero-order valence-corrected chi connectivity index (χ0v) is 14.8. The maximum atomic E-state index is 12.6. The molecule has 0 bridgehead atoms. The molecular weight excluding hydrogens is 326 g/mol. The average molecular weight is 349 g/mol. The van der Waals surface area contributed by atoms with Gasteiger partial charge in [-0.05, 0) is 38.8 Å². The minimum atomic E-state index is -0.683. The van der Waals surface area contributed by atoms with Crippen molar-refractivity contribution in [2.75, 3.05) is 6.54 Å². The number of aryl methyl sites for hydroxylation is 1. The van der Waals surface area contributed by atoms with Crippen molar-refractivity contribution in [1.82, 2.24) is 15.2 Å². The fourth-order valence-electron chi connectivity index (χ4n) is 3.10. The molecule has 24 heavy (non-hydrogen) atoms. The molecule has 3 unspecified atom stereocenters. The highest BCUT2D eigenvalue weighted by molar-refractivity contribution is 7.09. The first kappa shape index (κ1) is 17.0. The molecule has 2 amide bonds. The molecule has 1 saturated heterocycles. The van der Waals surface area contributed by atoms with Crippen LogP contribution in [0.15, 0.2) is 28.2 Å². The van der Waals surface area contributed by atoms with Gasteiger partial charge in [0.25, 0.3) is 0 Å². The van der Waals surface area contributed by atoms with Gasteiger partial charge in [-0.15, -0.1) is 11.3 Å². The van der Waals surface area contributed by atoms with Crippen LogP contribution in [0.5, 0.6) is 0 Å². The van der Waals surface area contributed by atoms with Crippen LogP contribution in [-0.4, -0.2) is 33.6 Å². The quantitative estimate of drug-likeness (QED) is 0.867. The second-order valence-electron chi connectivity index (χ2n) is 6.25. The lowest BCUT2D eigenvalue weighted by molar-refractivity contribution is 0.107. The van der Waals surface area contributed by atoms with Crippen LogP contribution in [0.25, 0.3) is 0 Å². The number of hydrogen-bond acceptors (Lipinski definition) is 5. The van der Waals surface area contributed by atoms with Crippen molar-refractivity contribution in [3.05, 3.63) is 40.2 Å². The summed E-state index contributed by atoms with van der Waals surface area (Å²) in [6.45, 7) is 4.60. The Labute approximate surface area is 145 Å². The molecule has 2 aromatic heterocycles. The number of nitrogens with one attached hydrogen (secondary N) is 1. The third kappa shape index (κ3) is 3.79. The largest absolute Gasteiger partial charge is 0.467 e. The van der Waals surface area contributed by atoms with Gasteiger partial charge in [0.15, 0.2) is 0 Å². The SMILES string of the molecule is Cc1csc(C(C)NC(=O)N2CCCC2CC(O)c2ccco2)n1. The topological polar surface area (TPSA) is 78.6 Å². The van der Waals surface area contributed by atoms with Crippen molar-refractivity contribution in [2.45, 2.75) is 51.3 Å². The molecular formula is C17H23N3O3S. The number of urea groups is 1. The summed E-state index contributed by atoms with van der Waals surface area (Å²) >= 11 is 1.56. The molecule has 3 atom stereocenters. The number of thiazole rings is 1. The number of aliphatic hydroxyl groups excluding tert-OH is 1. The van der Waals surface area contributed by atoms with E-state index in [0.29, 0.717) is 18.7 Å². The monoisotopic (exact) mass is 349 g/mol. The number of carbonyl (C=O) groups excluding carboxylic acids is 1. The average Bonchev–Trinajstić information content (AvgIpc) is 3.28. The summed E-state index contributed by atoms with van der Waals surface area (Å²) in [6, 6.07) is 3.33. The molecule has 3 rings (SSSR count). The minimum Gasteiger partial charge on any atom is -0.467 e. The number of amides is 2. The molecule has 7 heteroatoms. The Morgan fingerprint density at radius 2 is 2.46 bits per heavy atom. The first-order valence-electron chi connectivity index (χ1n) is 8.25. The fourth-order valence-corrected chi connectivity index (χ4v) is 3.91. The van der Waals surface area contributed by atoms with E-state index in [4.69, 9.17) is 4.42 Å². The van der Waals surface area contributed by atoms with E-state index < -0.39 is 6.10 Å². The molecule has 0 aliphatic carbocycles. The highest BCUT2D eigenvalue weighted by atomic mass is 32.1. The van der Waals surface area contributed by atoms with Crippen LogP contribution in [0.4, 0.5) is 4.79 Å². The van der Waals surface area contributed by atoms with E-state index in [1.165, 1.54) is 0 Å². The maximum Gasteiger partial charge on any atom is 0.318 e. The van der Waals surface area contributed by atoms with Gasteiger partial charge in [-0.2, -0.15) is 0 Å². The van der Waals surface area contributed by atoms with E-state index in [2.05, 4.69) is 10.3 Å². The Morgan fingerprint density at radius 1 is 1.62 bits per heavy atom. The van der Waals surface area contributed by atoms with Crippen LogP contribution in [-0.2, 0) is 0 Å². The molecule has 1 aliphatic rings. The molecule has 6 nitrogen and oxygen atoms in total. The first-order chi connectivity index (χ1) is 11.5. The first-order valence-corrected chi connectivity index (χ1v) is 9.13. The summed E-state index contributed by atoms with van der Waals surface area (Å²) in [4.78, 5) is 18.8. The molecule has 130 valence electrons. The highest BCUT2D eigenvalue weighted by Crippen LogP contribution is 2.28. The Bertz CT molecular complexity index is 670. The van der Waals surface area contributed by atoms with Gasteiger partial charge in [0.1, 0.15) is 16.9 Å². The van der Waals surface area contributed by atoms with Gasteiger partial charge in [0.05, 0.1) is 12.3 Å². The van der Waals surface area contributed by atoms with Gasteiger partial charge >= 0.3 is 6.03 Å². The standard InChI is InChI=1S/C17H23N3O3S/c1-11-10-24-16(18-11)12(2)19-17(22)20-7-3-5-13(20)9-14(21)15-6-4-8-23-15/h4,6,8,10,12-14,21H,3,5,7,9H2,1-2H3,(H,19,22). The Hall–Kier alpha value is -1.86. The molecule has 0 spiro atoms. The zero-order chi connectivity index (χ0) is 17.1. The summed E-state index contributed by atoms with van der Waals surface area (Å²) in [5, 5.41) is 16.2. The lowest BCUT2D eigenvalue weighted by Crippen LogP contribution is -2.44. The van der Waals surface area contributed by atoms with Crippen LogP contribution < -0.4 is 5.32 Å². The van der Waals surface area contributed by atoms with Gasteiger partial charge in [-0.3, -0.25) is 0 Å². The van der Waals surface area contributed by atoms with Crippen molar-refractivity contribution >= 4 is 17.4 Å². The van der Waals surface area contributed by atoms with Crippen LogP contribution in [0.2, 0.25) is 0 Å². The van der Waals surface area contributed by atoms with Crippen molar-refractivity contribution in [1.29, 1.82) is 0 Å². The molecule has 1 fully saturated rings. The van der Waals surface area contributed by atoms with Crippen LogP contribution >= 0.6 is 11.3 Å². The summed E-state index contributed by atoms with van der Waals surface area (Å²) in [5.74, 6) is 0.550. The smallest absolute Gasteiger partial charge is 0.318 e. The molecule has 0 radical (unpaired) electrons. The summed E-state index contributed by atoms with van der Waals surface area (Å²) in [6.07, 6.45) is 3.21.